The van der Waals surface area contributed by atoms with E-state index in [2.05, 4.69) is 0 Å². The summed E-state index contributed by atoms with van der Waals surface area (Å²) in [4.78, 5) is 51.8. The van der Waals surface area contributed by atoms with Gasteiger partial charge in [0.15, 0.2) is 12.4 Å². The van der Waals surface area contributed by atoms with E-state index < -0.39 is 24.2 Å². The number of hydrogen-bond acceptors (Lipinski definition) is 5. The van der Waals surface area contributed by atoms with Gasteiger partial charge in [-0.15, -0.1) is 0 Å². The predicted molar refractivity (Wildman–Crippen MR) is 108 cm³/mol. The van der Waals surface area contributed by atoms with Gasteiger partial charge >= 0.3 is 5.97 Å². The minimum absolute atomic E-state index is 0.144. The number of halogens is 1. The molecular formula is C24H20FNO5. The number of Topliss-reactive ketones (excluding diaryl/α,β-unsaturated/α-hetero) is 1. The number of ketones is 1. The van der Waals surface area contributed by atoms with Crippen LogP contribution in [-0.2, 0) is 14.3 Å². The van der Waals surface area contributed by atoms with Gasteiger partial charge in [-0.1, -0.05) is 6.07 Å². The van der Waals surface area contributed by atoms with Gasteiger partial charge in [0.1, 0.15) is 5.82 Å². The predicted octanol–water partition coefficient (Wildman–Crippen LogP) is 3.40. The first-order valence-electron chi connectivity index (χ1n) is 10.4. The van der Waals surface area contributed by atoms with E-state index in [9.17, 15) is 23.6 Å². The molecular weight excluding hydrogens is 401 g/mol. The number of fused-ring (bicyclic) bond motifs is 5. The first kappa shape index (κ1) is 19.6. The van der Waals surface area contributed by atoms with Crippen LogP contribution in [0, 0.1) is 29.5 Å². The molecule has 0 aromatic heterocycles. The first-order valence-corrected chi connectivity index (χ1v) is 10.4. The summed E-state index contributed by atoms with van der Waals surface area (Å²) in [5.41, 5.74) is 0.727. The molecule has 1 saturated heterocycles. The second-order valence-corrected chi connectivity index (χ2v) is 8.45. The van der Waals surface area contributed by atoms with Gasteiger partial charge < -0.3 is 4.74 Å². The zero-order valence-electron chi connectivity index (χ0n) is 16.6. The van der Waals surface area contributed by atoms with Crippen molar-refractivity contribution < 1.29 is 28.3 Å². The Morgan fingerprint density at radius 2 is 1.58 bits per heavy atom. The average molecular weight is 421 g/mol. The van der Waals surface area contributed by atoms with Crippen LogP contribution in [0.4, 0.5) is 10.1 Å². The molecule has 6 nitrogen and oxygen atoms in total. The van der Waals surface area contributed by atoms with E-state index in [1.807, 2.05) is 0 Å². The summed E-state index contributed by atoms with van der Waals surface area (Å²) in [6.07, 6.45) is 2.94. The highest BCUT2D eigenvalue weighted by Crippen LogP contribution is 2.56. The molecule has 4 atom stereocenters. The normalized spacial score (nSPS) is 26.3. The van der Waals surface area contributed by atoms with Crippen LogP contribution < -0.4 is 4.90 Å². The number of nitrogens with zero attached hydrogens (tertiary/aromatic N) is 1. The molecule has 31 heavy (non-hydrogen) atoms. The Hall–Kier alpha value is -3.35. The molecule has 158 valence electrons. The molecule has 0 unspecified atom stereocenters. The molecule has 5 rings (SSSR count). The number of esters is 1. The van der Waals surface area contributed by atoms with Crippen molar-refractivity contribution in [2.75, 3.05) is 11.5 Å². The summed E-state index contributed by atoms with van der Waals surface area (Å²) in [5, 5.41) is 0. The fraction of sp³-hybridized carbons (Fsp3) is 0.333. The van der Waals surface area contributed by atoms with E-state index >= 15 is 0 Å². The average Bonchev–Trinajstić information content (AvgIpc) is 3.46. The van der Waals surface area contributed by atoms with Gasteiger partial charge in [0.2, 0.25) is 11.8 Å². The molecule has 2 bridgehead atoms. The molecule has 2 aromatic rings. The number of carbonyl (C=O) groups excluding carboxylic acids is 4. The Balaban J connectivity index is 1.29. The summed E-state index contributed by atoms with van der Waals surface area (Å²) < 4.78 is 18.1. The van der Waals surface area contributed by atoms with Crippen molar-refractivity contribution in [1.29, 1.82) is 0 Å². The zero-order chi connectivity index (χ0) is 21.7. The molecule has 1 aliphatic heterocycles. The largest absolute Gasteiger partial charge is 0.454 e. The maximum absolute atomic E-state index is 13.0. The smallest absolute Gasteiger partial charge is 0.338 e. The van der Waals surface area contributed by atoms with Crippen molar-refractivity contribution in [2.24, 2.45) is 23.7 Å². The number of rotatable bonds is 5. The maximum Gasteiger partial charge on any atom is 0.338 e. The van der Waals surface area contributed by atoms with Crippen molar-refractivity contribution in [2.45, 2.75) is 19.3 Å². The molecule has 3 aliphatic rings. The third kappa shape index (κ3) is 3.24. The van der Waals surface area contributed by atoms with Gasteiger partial charge in [-0.25, -0.2) is 9.18 Å². The zero-order valence-corrected chi connectivity index (χ0v) is 16.6. The topological polar surface area (TPSA) is 80.8 Å². The van der Waals surface area contributed by atoms with E-state index in [0.717, 1.165) is 31.4 Å². The van der Waals surface area contributed by atoms with Crippen molar-refractivity contribution in [3.63, 3.8) is 0 Å². The van der Waals surface area contributed by atoms with Crippen LogP contribution >= 0.6 is 0 Å². The Morgan fingerprint density at radius 3 is 2.23 bits per heavy atom. The maximum atomic E-state index is 13.0. The molecule has 2 saturated carbocycles. The Kier molecular flexibility index (Phi) is 4.68. The number of imide groups is 1. The number of benzene rings is 2. The van der Waals surface area contributed by atoms with Gasteiger partial charge in [-0.3, -0.25) is 19.3 Å². The van der Waals surface area contributed by atoms with Crippen molar-refractivity contribution in [3.8, 4) is 0 Å². The van der Waals surface area contributed by atoms with Crippen molar-refractivity contribution >= 4 is 29.3 Å². The second kappa shape index (κ2) is 7.41. The van der Waals surface area contributed by atoms with Gasteiger partial charge in [-0.2, -0.15) is 0 Å². The van der Waals surface area contributed by atoms with E-state index in [4.69, 9.17) is 4.74 Å². The number of ether oxygens (including phenoxy) is 1. The van der Waals surface area contributed by atoms with Crippen LogP contribution in [0.15, 0.2) is 48.5 Å². The van der Waals surface area contributed by atoms with E-state index in [1.54, 1.807) is 12.1 Å². The highest BCUT2D eigenvalue weighted by Gasteiger charge is 2.61. The third-order valence-corrected chi connectivity index (χ3v) is 6.77. The molecule has 7 heteroatoms. The standard InChI is InChI=1S/C24H20FNO5/c25-17-8-6-13(7-9-17)19(27)12-31-24(30)16-2-1-3-18(11-16)26-22(28)20-14-4-5-15(10-14)21(20)23(26)29/h1-3,6-9,11,14-15,20-21H,4-5,10,12H2/t14-,15-,20-,21-/m0/s1. The lowest BCUT2D eigenvalue weighted by Gasteiger charge is -2.19. The van der Waals surface area contributed by atoms with Crippen LogP contribution in [0.3, 0.4) is 0 Å². The summed E-state index contributed by atoms with van der Waals surface area (Å²) >= 11 is 0. The van der Waals surface area contributed by atoms with Gasteiger partial charge in [-0.05, 0) is 73.6 Å². The quantitative estimate of drug-likeness (QED) is 0.420. The van der Waals surface area contributed by atoms with E-state index in [-0.39, 0.29) is 46.6 Å². The highest BCUT2D eigenvalue weighted by molar-refractivity contribution is 6.22. The number of hydrogen-bond donors (Lipinski definition) is 0. The Bertz CT molecular complexity index is 1070. The number of amides is 2. The molecule has 0 radical (unpaired) electrons. The summed E-state index contributed by atoms with van der Waals surface area (Å²) in [5.74, 6) is -1.95. The lowest BCUT2D eigenvalue weighted by atomic mass is 9.81. The molecule has 2 amide bonds. The fourth-order valence-electron chi connectivity index (χ4n) is 5.37. The highest BCUT2D eigenvalue weighted by atomic mass is 19.1. The Morgan fingerprint density at radius 1 is 0.935 bits per heavy atom. The lowest BCUT2D eigenvalue weighted by Crippen LogP contribution is -2.32. The second-order valence-electron chi connectivity index (χ2n) is 8.45. The minimum atomic E-state index is -0.739. The van der Waals surface area contributed by atoms with E-state index in [1.165, 1.54) is 29.2 Å². The van der Waals surface area contributed by atoms with Crippen LogP contribution in [0.1, 0.15) is 40.0 Å². The monoisotopic (exact) mass is 421 g/mol. The molecule has 0 N–H and O–H groups in total. The lowest BCUT2D eigenvalue weighted by molar-refractivity contribution is -0.123. The summed E-state index contributed by atoms with van der Waals surface area (Å²) in [6.45, 7) is -0.496. The fourth-order valence-corrected chi connectivity index (χ4v) is 5.37. The SMILES string of the molecule is O=C(COC(=O)c1cccc(N2C(=O)[C@H]3[C@H]4CC[C@@H](C4)[C@@H]3C2=O)c1)c1ccc(F)cc1. The van der Waals surface area contributed by atoms with Crippen molar-refractivity contribution in [1.82, 2.24) is 0 Å². The number of anilines is 1. The third-order valence-electron chi connectivity index (χ3n) is 6.77. The van der Waals surface area contributed by atoms with Crippen LogP contribution in [0.2, 0.25) is 0 Å². The van der Waals surface area contributed by atoms with E-state index in [0.29, 0.717) is 5.69 Å². The van der Waals surface area contributed by atoms with Gasteiger partial charge in [0, 0.05) is 5.56 Å². The summed E-state index contributed by atoms with van der Waals surface area (Å²) in [6, 6.07) is 11.1. The molecule has 2 aromatic carbocycles. The Labute approximate surface area is 178 Å². The molecule has 3 fully saturated rings. The van der Waals surface area contributed by atoms with Crippen LogP contribution in [0.5, 0.6) is 0 Å². The molecule has 1 heterocycles. The van der Waals surface area contributed by atoms with Gasteiger partial charge in [0.25, 0.3) is 0 Å². The van der Waals surface area contributed by atoms with Crippen LogP contribution in [0.25, 0.3) is 0 Å². The minimum Gasteiger partial charge on any atom is -0.454 e. The summed E-state index contributed by atoms with van der Waals surface area (Å²) in [7, 11) is 0. The first-order chi connectivity index (χ1) is 14.9. The number of carbonyl (C=O) groups is 4. The van der Waals surface area contributed by atoms with Crippen molar-refractivity contribution in [3.05, 3.63) is 65.5 Å². The molecule has 0 spiro atoms. The van der Waals surface area contributed by atoms with Gasteiger partial charge in [0.05, 0.1) is 23.1 Å². The molecule has 2 aliphatic carbocycles. The van der Waals surface area contributed by atoms with Crippen LogP contribution in [-0.4, -0.2) is 30.2 Å².